The normalized spacial score (nSPS) is 43.5. The van der Waals surface area contributed by atoms with Gasteiger partial charge in [0.2, 0.25) is 0 Å². The average Bonchev–Trinajstić information content (AvgIpc) is 3.36. The van der Waals surface area contributed by atoms with Gasteiger partial charge in [0.1, 0.15) is 17.5 Å². The molecule has 4 aliphatic rings. The highest BCUT2D eigenvalue weighted by molar-refractivity contribution is 5.76. The molecule has 5 rings (SSSR count). The Balaban J connectivity index is 1.27. The van der Waals surface area contributed by atoms with Gasteiger partial charge in [-0.3, -0.25) is 4.79 Å². The zero-order valence-corrected chi connectivity index (χ0v) is 17.1. The molecule has 5 nitrogen and oxygen atoms in total. The second-order valence-electron chi connectivity index (χ2n) is 9.53. The molecule has 0 bridgehead atoms. The molecule has 4 fully saturated rings. The molecule has 152 valence electrons. The van der Waals surface area contributed by atoms with Crippen LogP contribution in [0.15, 0.2) is 24.3 Å². The third kappa shape index (κ3) is 2.55. The molecular formula is C23H31NO4. The number of hydrogen-bond acceptors (Lipinski definition) is 5. The fourth-order valence-corrected chi connectivity index (χ4v) is 6.58. The van der Waals surface area contributed by atoms with E-state index < -0.39 is 0 Å². The lowest BCUT2D eigenvalue weighted by molar-refractivity contribution is -0.146. The van der Waals surface area contributed by atoms with Crippen LogP contribution in [-0.4, -0.2) is 37.4 Å². The first-order valence-corrected chi connectivity index (χ1v) is 10.7. The maximum Gasteiger partial charge on any atom is 0.311 e. The second kappa shape index (κ2) is 6.46. The first kappa shape index (κ1) is 18.4. The minimum Gasteiger partial charge on any atom is -0.497 e. The molecule has 7 atom stereocenters. The summed E-state index contributed by atoms with van der Waals surface area (Å²) in [6.07, 6.45) is 4.85. The van der Waals surface area contributed by atoms with Gasteiger partial charge < -0.3 is 19.5 Å². The largest absolute Gasteiger partial charge is 0.497 e. The van der Waals surface area contributed by atoms with Gasteiger partial charge in [0, 0.05) is 24.4 Å². The van der Waals surface area contributed by atoms with Crippen LogP contribution in [0, 0.1) is 23.2 Å². The summed E-state index contributed by atoms with van der Waals surface area (Å²) in [5.41, 5.74) is 1.32. The predicted octanol–water partition coefficient (Wildman–Crippen LogP) is 3.31. The van der Waals surface area contributed by atoms with Crippen LogP contribution in [0.2, 0.25) is 0 Å². The fourth-order valence-electron chi connectivity index (χ4n) is 6.58. The minimum absolute atomic E-state index is 0.0192. The summed E-state index contributed by atoms with van der Waals surface area (Å²) < 4.78 is 17.6. The van der Waals surface area contributed by atoms with Gasteiger partial charge in [-0.2, -0.15) is 0 Å². The fraction of sp³-hybridized carbons (Fsp3) is 0.696. The number of benzene rings is 1. The van der Waals surface area contributed by atoms with Crippen molar-refractivity contribution in [2.24, 2.45) is 23.2 Å². The Kier molecular flexibility index (Phi) is 4.25. The van der Waals surface area contributed by atoms with Gasteiger partial charge in [-0.1, -0.05) is 32.4 Å². The average molecular weight is 386 g/mol. The van der Waals surface area contributed by atoms with E-state index >= 15 is 0 Å². The summed E-state index contributed by atoms with van der Waals surface area (Å²) in [7, 11) is 1.67. The van der Waals surface area contributed by atoms with Crippen LogP contribution in [0.4, 0.5) is 0 Å². The SMILES string of the molecule is COc1ccc(CNC[C@@H]2C(=O)O[C@@H]3C[C@]4(C)CCC[C@@H](C)[C@]45O[C@H]5[C@@H]23)cc1. The van der Waals surface area contributed by atoms with Gasteiger partial charge in [0.25, 0.3) is 0 Å². The predicted molar refractivity (Wildman–Crippen MR) is 105 cm³/mol. The quantitative estimate of drug-likeness (QED) is 0.622. The number of epoxide rings is 1. The molecule has 1 N–H and O–H groups in total. The first-order valence-electron chi connectivity index (χ1n) is 10.7. The zero-order valence-electron chi connectivity index (χ0n) is 17.1. The van der Waals surface area contributed by atoms with E-state index in [9.17, 15) is 4.79 Å². The molecule has 2 aliphatic heterocycles. The van der Waals surface area contributed by atoms with E-state index in [4.69, 9.17) is 14.2 Å². The van der Waals surface area contributed by atoms with Crippen LogP contribution >= 0.6 is 0 Å². The summed E-state index contributed by atoms with van der Waals surface area (Å²) in [6, 6.07) is 8.03. The number of methoxy groups -OCH3 is 1. The Morgan fingerprint density at radius 2 is 2.07 bits per heavy atom. The number of hydrogen-bond donors (Lipinski definition) is 1. The van der Waals surface area contributed by atoms with Crippen molar-refractivity contribution in [1.29, 1.82) is 0 Å². The summed E-state index contributed by atoms with van der Waals surface area (Å²) >= 11 is 0. The number of carbonyl (C=O) groups excluding carboxylic acids is 1. The van der Waals surface area contributed by atoms with E-state index in [-0.39, 0.29) is 41.0 Å². The van der Waals surface area contributed by atoms with Gasteiger partial charge >= 0.3 is 5.97 Å². The highest BCUT2D eigenvalue weighted by Crippen LogP contribution is 2.70. The maximum atomic E-state index is 12.7. The van der Waals surface area contributed by atoms with Crippen molar-refractivity contribution in [2.75, 3.05) is 13.7 Å². The number of fused-ring (bicyclic) bond motifs is 2. The van der Waals surface area contributed by atoms with Crippen LogP contribution in [-0.2, 0) is 20.8 Å². The second-order valence-corrected chi connectivity index (χ2v) is 9.53. The van der Waals surface area contributed by atoms with E-state index in [1.165, 1.54) is 24.8 Å². The number of rotatable bonds is 5. The van der Waals surface area contributed by atoms with Crippen molar-refractivity contribution in [3.8, 4) is 5.75 Å². The minimum atomic E-state index is -0.105. The monoisotopic (exact) mass is 385 g/mol. The molecule has 2 aliphatic carbocycles. The van der Waals surface area contributed by atoms with Crippen LogP contribution in [0.3, 0.4) is 0 Å². The van der Waals surface area contributed by atoms with Gasteiger partial charge in [-0.15, -0.1) is 0 Å². The van der Waals surface area contributed by atoms with Crippen molar-refractivity contribution in [2.45, 2.75) is 63.9 Å². The third-order valence-corrected chi connectivity index (χ3v) is 8.05. The molecule has 0 radical (unpaired) electrons. The lowest BCUT2D eigenvalue weighted by atomic mass is 9.53. The van der Waals surface area contributed by atoms with Crippen molar-refractivity contribution in [3.05, 3.63) is 29.8 Å². The molecule has 0 unspecified atom stereocenters. The third-order valence-electron chi connectivity index (χ3n) is 8.05. The lowest BCUT2D eigenvalue weighted by Gasteiger charge is -2.48. The molecule has 1 spiro atoms. The molecule has 1 aromatic rings. The van der Waals surface area contributed by atoms with Gasteiger partial charge in [-0.25, -0.2) is 0 Å². The summed E-state index contributed by atoms with van der Waals surface area (Å²) in [5.74, 6) is 1.48. The van der Waals surface area contributed by atoms with Crippen molar-refractivity contribution < 1.29 is 19.0 Å². The highest BCUT2D eigenvalue weighted by Gasteiger charge is 2.78. The summed E-state index contributed by atoms with van der Waals surface area (Å²) in [6.45, 7) is 6.08. The number of ether oxygens (including phenoxy) is 3. The Morgan fingerprint density at radius 1 is 1.29 bits per heavy atom. The molecule has 28 heavy (non-hydrogen) atoms. The van der Waals surface area contributed by atoms with E-state index in [0.717, 1.165) is 18.7 Å². The Bertz CT molecular complexity index is 764. The smallest absolute Gasteiger partial charge is 0.311 e. The zero-order chi connectivity index (χ0) is 19.5. The molecule has 1 aromatic carbocycles. The van der Waals surface area contributed by atoms with E-state index in [0.29, 0.717) is 12.5 Å². The highest BCUT2D eigenvalue weighted by atomic mass is 16.6. The van der Waals surface area contributed by atoms with Crippen LogP contribution in [0.25, 0.3) is 0 Å². The van der Waals surface area contributed by atoms with E-state index in [1.807, 2.05) is 12.1 Å². The van der Waals surface area contributed by atoms with Crippen LogP contribution < -0.4 is 10.1 Å². The van der Waals surface area contributed by atoms with E-state index in [1.54, 1.807) is 7.11 Å². The molecule has 0 aromatic heterocycles. The van der Waals surface area contributed by atoms with Crippen molar-refractivity contribution >= 4 is 5.97 Å². The number of carbonyl (C=O) groups is 1. The Labute approximate surface area is 167 Å². The number of nitrogens with one attached hydrogen (secondary N) is 1. The van der Waals surface area contributed by atoms with Crippen LogP contribution in [0.1, 0.15) is 45.1 Å². The molecular weight excluding hydrogens is 354 g/mol. The number of esters is 1. The summed E-state index contributed by atoms with van der Waals surface area (Å²) in [5, 5.41) is 3.48. The summed E-state index contributed by atoms with van der Waals surface area (Å²) in [4.78, 5) is 12.7. The van der Waals surface area contributed by atoms with Crippen molar-refractivity contribution in [1.82, 2.24) is 5.32 Å². The van der Waals surface area contributed by atoms with Gasteiger partial charge in [-0.05, 0) is 42.9 Å². The van der Waals surface area contributed by atoms with E-state index in [2.05, 4.69) is 31.3 Å². The van der Waals surface area contributed by atoms with Gasteiger partial charge in [0.15, 0.2) is 0 Å². The molecule has 2 saturated heterocycles. The topological polar surface area (TPSA) is 60.1 Å². The van der Waals surface area contributed by atoms with Crippen molar-refractivity contribution in [3.63, 3.8) is 0 Å². The Hall–Kier alpha value is -1.59. The lowest BCUT2D eigenvalue weighted by Crippen LogP contribution is -2.54. The molecule has 5 heteroatoms. The van der Waals surface area contributed by atoms with Crippen LogP contribution in [0.5, 0.6) is 5.75 Å². The Morgan fingerprint density at radius 3 is 2.82 bits per heavy atom. The molecule has 2 saturated carbocycles. The first-order chi connectivity index (χ1) is 13.5. The standard InChI is InChI=1S/C23H31NO4/c1-14-5-4-10-22(2)11-18-19(20-23(14,22)28-20)17(21(25)27-18)13-24-12-15-6-8-16(26-3)9-7-15/h6-9,14,17-20,24H,4-5,10-13H2,1-3H3/t14-,17+,18-,19+,20+,22+,23-/m1/s1. The molecule has 2 heterocycles. The maximum absolute atomic E-state index is 12.7. The van der Waals surface area contributed by atoms with Gasteiger partial charge in [0.05, 0.1) is 19.1 Å². The molecule has 0 amide bonds.